The summed E-state index contributed by atoms with van der Waals surface area (Å²) in [5.74, 6) is -0.342. The third-order valence-electron chi connectivity index (χ3n) is 11.0. The van der Waals surface area contributed by atoms with Gasteiger partial charge in [0.1, 0.15) is 24.0 Å². The maximum Gasteiger partial charge on any atom is 0.255 e. The highest BCUT2D eigenvalue weighted by molar-refractivity contribution is 6.38. The van der Waals surface area contributed by atoms with Crippen molar-refractivity contribution in [3.8, 4) is 16.9 Å². The van der Waals surface area contributed by atoms with Crippen molar-refractivity contribution >= 4 is 57.9 Å². The van der Waals surface area contributed by atoms with Crippen LogP contribution in [0.5, 0.6) is 5.75 Å². The molecule has 0 aliphatic carbocycles. The summed E-state index contributed by atoms with van der Waals surface area (Å²) in [4.78, 5) is 76.0. The van der Waals surface area contributed by atoms with Crippen LogP contribution in [0.25, 0.3) is 22.2 Å². The smallest absolute Gasteiger partial charge is 0.255 e. The zero-order chi connectivity index (χ0) is 38.5. The number of piperazine rings is 1. The highest BCUT2D eigenvalue weighted by Crippen LogP contribution is 2.37. The number of anilines is 1. The maximum absolute atomic E-state index is 13.2. The van der Waals surface area contributed by atoms with Crippen molar-refractivity contribution in [2.75, 3.05) is 31.1 Å². The number of aromatic amines is 1. The highest BCUT2D eigenvalue weighted by atomic mass is 35.5. The first-order chi connectivity index (χ1) is 26.7. The SMILES string of the molecule is CCc1c[nH]c2ncc(-c3cccc(N4CCN(C(=O)CCCCCCCCCOc5cccc6c5CN(C5CCC(=O)NC5=O)C6=O)CC4=O)c3)c(Cl)c12. The molecular weight excluding hydrogens is 720 g/mol. The number of aromatic nitrogens is 2. The minimum absolute atomic E-state index is 0.0256. The molecular formula is C42H47ClN6O6. The Labute approximate surface area is 325 Å². The van der Waals surface area contributed by atoms with Crippen molar-refractivity contribution in [3.05, 3.63) is 76.6 Å². The zero-order valence-electron chi connectivity index (χ0n) is 31.2. The van der Waals surface area contributed by atoms with Gasteiger partial charge in [0.15, 0.2) is 0 Å². The fraction of sp³-hybridized carbons (Fsp3) is 0.429. The van der Waals surface area contributed by atoms with Crippen LogP contribution in [0.1, 0.15) is 92.6 Å². The normalized spacial score (nSPS) is 17.3. The van der Waals surface area contributed by atoms with Gasteiger partial charge in [0.25, 0.3) is 5.91 Å². The molecule has 3 aliphatic rings. The van der Waals surface area contributed by atoms with E-state index in [-0.39, 0.29) is 36.6 Å². The molecule has 2 aromatic heterocycles. The summed E-state index contributed by atoms with van der Waals surface area (Å²) in [5.41, 5.74) is 5.68. The number of hydrogen-bond acceptors (Lipinski definition) is 7. The van der Waals surface area contributed by atoms with Crippen molar-refractivity contribution in [3.63, 3.8) is 0 Å². The topological polar surface area (TPSA) is 145 Å². The number of pyridine rings is 1. The van der Waals surface area contributed by atoms with E-state index in [2.05, 4.69) is 22.2 Å². The first kappa shape index (κ1) is 38.1. The molecule has 5 amide bonds. The second-order valence-corrected chi connectivity index (χ2v) is 14.9. The number of ether oxygens (including phenoxy) is 1. The molecule has 2 saturated heterocycles. The number of carbonyl (C=O) groups is 5. The molecule has 4 aromatic rings. The van der Waals surface area contributed by atoms with Gasteiger partial charge < -0.3 is 24.4 Å². The molecule has 3 aliphatic heterocycles. The largest absolute Gasteiger partial charge is 0.493 e. The summed E-state index contributed by atoms with van der Waals surface area (Å²) in [6.07, 6.45) is 12.3. The Morgan fingerprint density at radius 2 is 1.73 bits per heavy atom. The summed E-state index contributed by atoms with van der Waals surface area (Å²) in [7, 11) is 0. The van der Waals surface area contributed by atoms with Crippen LogP contribution in [0.2, 0.25) is 5.02 Å². The highest BCUT2D eigenvalue weighted by Gasteiger charge is 2.40. The van der Waals surface area contributed by atoms with Gasteiger partial charge in [-0.15, -0.1) is 0 Å². The van der Waals surface area contributed by atoms with Gasteiger partial charge in [0.2, 0.25) is 23.6 Å². The van der Waals surface area contributed by atoms with Gasteiger partial charge in [0, 0.05) is 66.1 Å². The molecule has 0 spiro atoms. The van der Waals surface area contributed by atoms with Crippen molar-refractivity contribution in [2.24, 2.45) is 0 Å². The summed E-state index contributed by atoms with van der Waals surface area (Å²) < 4.78 is 6.08. The first-order valence-electron chi connectivity index (χ1n) is 19.5. The van der Waals surface area contributed by atoms with Crippen LogP contribution in [-0.2, 0) is 32.1 Å². The van der Waals surface area contributed by atoms with E-state index in [1.807, 2.05) is 36.5 Å². The number of benzene rings is 2. The molecule has 12 nitrogen and oxygen atoms in total. The number of nitrogens with zero attached hydrogens (tertiary/aromatic N) is 4. The Morgan fingerprint density at radius 3 is 2.51 bits per heavy atom. The lowest BCUT2D eigenvalue weighted by atomic mass is 10.0. The van der Waals surface area contributed by atoms with Crippen LogP contribution in [0.3, 0.4) is 0 Å². The van der Waals surface area contributed by atoms with Gasteiger partial charge in [-0.2, -0.15) is 0 Å². The molecule has 0 radical (unpaired) electrons. The van der Waals surface area contributed by atoms with Crippen LogP contribution in [-0.4, -0.2) is 81.6 Å². The third-order valence-corrected chi connectivity index (χ3v) is 11.4. The number of fused-ring (bicyclic) bond motifs is 2. The van der Waals surface area contributed by atoms with Crippen molar-refractivity contribution < 1.29 is 28.7 Å². The van der Waals surface area contributed by atoms with E-state index in [0.717, 1.165) is 90.3 Å². The first-order valence-corrected chi connectivity index (χ1v) is 19.8. The second kappa shape index (κ2) is 17.1. The summed E-state index contributed by atoms with van der Waals surface area (Å²) in [6, 6.07) is 12.5. The van der Waals surface area contributed by atoms with Gasteiger partial charge in [-0.25, -0.2) is 4.98 Å². The van der Waals surface area contributed by atoms with E-state index in [1.54, 1.807) is 28.1 Å². The third kappa shape index (κ3) is 8.24. The molecule has 288 valence electrons. The standard InChI is InChI=1S/C42H47ClN6O6/c1-2-27-23-44-40-38(27)39(43)31(24-45-40)28-12-10-13-29(22-28)48-20-19-47(26-37(48)52)36(51)16-8-6-4-3-5-7-9-21-55-34-15-11-14-30-32(34)25-49(42(30)54)33-17-18-35(50)46-41(33)53/h10-15,22-24,33H,2-9,16-21,25-26H2,1H3,(H,44,45)(H,46,50,53). The monoisotopic (exact) mass is 766 g/mol. The summed E-state index contributed by atoms with van der Waals surface area (Å²) in [5, 5.41) is 3.90. The summed E-state index contributed by atoms with van der Waals surface area (Å²) in [6.45, 7) is 3.91. The van der Waals surface area contributed by atoms with Gasteiger partial charge in [-0.05, 0) is 61.1 Å². The number of imide groups is 1. The number of H-pyrrole nitrogens is 1. The molecule has 0 bridgehead atoms. The summed E-state index contributed by atoms with van der Waals surface area (Å²) >= 11 is 6.87. The number of piperidine rings is 1. The number of aryl methyl sites for hydroxylation is 1. The minimum atomic E-state index is -0.649. The van der Waals surface area contributed by atoms with Crippen LogP contribution < -0.4 is 15.0 Å². The Morgan fingerprint density at radius 1 is 0.945 bits per heavy atom. The lowest BCUT2D eigenvalue weighted by Gasteiger charge is -2.34. The molecule has 1 unspecified atom stereocenters. The molecule has 13 heteroatoms. The van der Waals surface area contributed by atoms with Crippen LogP contribution in [0.15, 0.2) is 54.9 Å². The minimum Gasteiger partial charge on any atom is -0.493 e. The van der Waals surface area contributed by atoms with Crippen LogP contribution in [0, 0.1) is 0 Å². The second-order valence-electron chi connectivity index (χ2n) is 14.5. The van der Waals surface area contributed by atoms with E-state index in [1.165, 1.54) is 4.90 Å². The van der Waals surface area contributed by atoms with Crippen molar-refractivity contribution in [1.29, 1.82) is 0 Å². The van der Waals surface area contributed by atoms with Gasteiger partial charge in [-0.3, -0.25) is 29.3 Å². The number of hydrogen-bond donors (Lipinski definition) is 2. The van der Waals surface area contributed by atoms with Crippen molar-refractivity contribution in [2.45, 2.75) is 90.1 Å². The predicted molar refractivity (Wildman–Crippen MR) is 210 cm³/mol. The molecule has 0 saturated carbocycles. The average molecular weight is 767 g/mol. The molecule has 2 fully saturated rings. The Hall–Kier alpha value is -5.23. The van der Waals surface area contributed by atoms with E-state index < -0.39 is 11.9 Å². The number of nitrogens with one attached hydrogen (secondary N) is 2. The maximum atomic E-state index is 13.2. The molecule has 2 aromatic carbocycles. The Bertz CT molecular complexity index is 2110. The Kier molecular flexibility index (Phi) is 11.8. The number of halogens is 1. The number of rotatable bonds is 15. The van der Waals surface area contributed by atoms with E-state index in [0.29, 0.717) is 55.4 Å². The van der Waals surface area contributed by atoms with Crippen molar-refractivity contribution in [1.82, 2.24) is 25.1 Å². The van der Waals surface area contributed by atoms with Crippen LogP contribution in [0.4, 0.5) is 5.69 Å². The fourth-order valence-corrected chi connectivity index (χ4v) is 8.26. The number of unbranched alkanes of at least 4 members (excludes halogenated alkanes) is 6. The molecule has 2 N–H and O–H groups in total. The number of amides is 5. The predicted octanol–water partition coefficient (Wildman–Crippen LogP) is 6.58. The zero-order valence-corrected chi connectivity index (χ0v) is 32.0. The fourth-order valence-electron chi connectivity index (χ4n) is 7.89. The van der Waals surface area contributed by atoms with Gasteiger partial charge >= 0.3 is 0 Å². The Balaban J connectivity index is 0.785. The number of carbonyl (C=O) groups excluding carboxylic acids is 5. The lowest BCUT2D eigenvalue weighted by molar-refractivity contribution is -0.137. The lowest BCUT2D eigenvalue weighted by Crippen LogP contribution is -2.52. The van der Waals surface area contributed by atoms with E-state index in [4.69, 9.17) is 16.3 Å². The van der Waals surface area contributed by atoms with E-state index in [9.17, 15) is 24.0 Å². The van der Waals surface area contributed by atoms with Gasteiger partial charge in [0.05, 0.1) is 18.2 Å². The average Bonchev–Trinajstić information content (AvgIpc) is 3.77. The molecule has 1 atom stereocenters. The molecule has 5 heterocycles. The van der Waals surface area contributed by atoms with Crippen LogP contribution >= 0.6 is 11.6 Å². The molecule has 7 rings (SSSR count). The van der Waals surface area contributed by atoms with E-state index >= 15 is 0 Å². The quantitative estimate of drug-likeness (QED) is 0.103. The molecule has 55 heavy (non-hydrogen) atoms. The van der Waals surface area contributed by atoms with Gasteiger partial charge in [-0.1, -0.05) is 68.8 Å².